The molecular formula is C24H26ClN3O3. The number of rotatable bonds is 7. The third-order valence-electron chi connectivity index (χ3n) is 5.09. The summed E-state index contributed by atoms with van der Waals surface area (Å²) in [6, 6.07) is 15.6. The third-order valence-corrected chi connectivity index (χ3v) is 5.47. The van der Waals surface area contributed by atoms with E-state index in [4.69, 9.17) is 16.3 Å². The number of aromatic nitrogens is 2. The first kappa shape index (κ1) is 22.6. The molecule has 0 fully saturated rings. The number of esters is 1. The van der Waals surface area contributed by atoms with Crippen molar-refractivity contribution in [3.05, 3.63) is 87.2 Å². The molecule has 0 aliphatic heterocycles. The van der Waals surface area contributed by atoms with Crippen LogP contribution >= 0.6 is 11.6 Å². The minimum atomic E-state index is -0.670. The van der Waals surface area contributed by atoms with Crippen LogP contribution in [0.5, 0.6) is 0 Å². The van der Waals surface area contributed by atoms with Crippen LogP contribution in [0.4, 0.5) is 0 Å². The molecule has 3 rings (SSSR count). The smallest absolute Gasteiger partial charge is 0.343 e. The fraction of sp³-hybridized carbons (Fsp3) is 0.292. The van der Waals surface area contributed by atoms with E-state index in [-0.39, 0.29) is 22.7 Å². The highest BCUT2D eigenvalue weighted by molar-refractivity contribution is 6.32. The maximum atomic E-state index is 12.6. The fourth-order valence-electron chi connectivity index (χ4n) is 3.39. The second kappa shape index (κ2) is 9.79. The van der Waals surface area contributed by atoms with Gasteiger partial charge in [-0.3, -0.25) is 4.79 Å². The van der Waals surface area contributed by atoms with Gasteiger partial charge in [0.15, 0.2) is 6.61 Å². The van der Waals surface area contributed by atoms with E-state index < -0.39 is 12.6 Å². The molecule has 6 nitrogen and oxygen atoms in total. The number of amides is 1. The Bertz CT molecular complexity index is 1090. The van der Waals surface area contributed by atoms with E-state index >= 15 is 0 Å². The van der Waals surface area contributed by atoms with Crippen molar-refractivity contribution >= 4 is 23.5 Å². The van der Waals surface area contributed by atoms with Gasteiger partial charge in [-0.05, 0) is 44.4 Å². The lowest BCUT2D eigenvalue weighted by molar-refractivity contribution is -0.124. The first-order chi connectivity index (χ1) is 14.8. The average molecular weight is 440 g/mol. The summed E-state index contributed by atoms with van der Waals surface area (Å²) >= 11 is 6.40. The van der Waals surface area contributed by atoms with Crippen LogP contribution in [0.1, 0.15) is 51.3 Å². The Morgan fingerprint density at radius 2 is 1.77 bits per heavy atom. The minimum absolute atomic E-state index is 0.175. The second-order valence-electron chi connectivity index (χ2n) is 7.62. The Labute approximate surface area is 187 Å². The molecule has 0 aliphatic rings. The third kappa shape index (κ3) is 5.52. The molecule has 0 radical (unpaired) electrons. The van der Waals surface area contributed by atoms with Crippen molar-refractivity contribution in [2.24, 2.45) is 0 Å². The molecule has 1 N–H and O–H groups in total. The van der Waals surface area contributed by atoms with Gasteiger partial charge in [0.1, 0.15) is 10.7 Å². The van der Waals surface area contributed by atoms with Crippen molar-refractivity contribution in [3.63, 3.8) is 0 Å². The molecule has 0 saturated carbocycles. The first-order valence-corrected chi connectivity index (χ1v) is 10.4. The van der Waals surface area contributed by atoms with Gasteiger partial charge in [0.25, 0.3) is 5.91 Å². The lowest BCUT2D eigenvalue weighted by atomic mass is 10.0. The molecule has 1 heterocycles. The highest BCUT2D eigenvalue weighted by Crippen LogP contribution is 2.22. The first-order valence-electron chi connectivity index (χ1n) is 10.1. The van der Waals surface area contributed by atoms with E-state index in [1.807, 2.05) is 69.3 Å². The molecule has 1 aromatic heterocycles. The Morgan fingerprint density at radius 3 is 2.45 bits per heavy atom. The van der Waals surface area contributed by atoms with E-state index in [2.05, 4.69) is 10.4 Å². The SMILES string of the molecule is Cc1ccc(Cn2nc(C)c(C(=O)OCC(=O)NC(C)c3ccccc3C)c2Cl)cc1. The van der Waals surface area contributed by atoms with Gasteiger partial charge in [-0.1, -0.05) is 65.7 Å². The zero-order valence-corrected chi connectivity index (χ0v) is 18.9. The summed E-state index contributed by atoms with van der Waals surface area (Å²) in [7, 11) is 0. The van der Waals surface area contributed by atoms with Crippen LogP contribution in [-0.4, -0.2) is 28.3 Å². The molecule has 0 bridgehead atoms. The summed E-state index contributed by atoms with van der Waals surface area (Å²) in [5.74, 6) is -1.05. The summed E-state index contributed by atoms with van der Waals surface area (Å²) < 4.78 is 6.76. The zero-order valence-electron chi connectivity index (χ0n) is 18.1. The Morgan fingerprint density at radius 1 is 1.10 bits per heavy atom. The number of ether oxygens (including phenoxy) is 1. The zero-order chi connectivity index (χ0) is 22.5. The van der Waals surface area contributed by atoms with E-state index in [1.54, 1.807) is 11.6 Å². The van der Waals surface area contributed by atoms with Crippen LogP contribution < -0.4 is 5.32 Å². The summed E-state index contributed by atoms with van der Waals surface area (Å²) in [6.07, 6.45) is 0. The standard InChI is InChI=1S/C24H26ClN3O3/c1-15-9-11-19(12-10-15)13-28-23(25)22(18(4)27-28)24(30)31-14-21(29)26-17(3)20-8-6-5-7-16(20)2/h5-12,17H,13-14H2,1-4H3,(H,26,29). The van der Waals surface area contributed by atoms with Gasteiger partial charge in [-0.15, -0.1) is 0 Å². The van der Waals surface area contributed by atoms with Gasteiger partial charge in [-0.25, -0.2) is 9.48 Å². The van der Waals surface area contributed by atoms with Crippen LogP contribution in [0, 0.1) is 20.8 Å². The van der Waals surface area contributed by atoms with Gasteiger partial charge in [0.05, 0.1) is 18.3 Å². The van der Waals surface area contributed by atoms with Crippen LogP contribution in [0.2, 0.25) is 5.15 Å². The van der Waals surface area contributed by atoms with Crippen LogP contribution in [0.3, 0.4) is 0 Å². The van der Waals surface area contributed by atoms with Gasteiger partial charge >= 0.3 is 5.97 Å². The number of carbonyl (C=O) groups excluding carboxylic acids is 2. The Balaban J connectivity index is 1.61. The minimum Gasteiger partial charge on any atom is -0.452 e. The molecule has 0 aliphatic carbocycles. The monoisotopic (exact) mass is 439 g/mol. The number of nitrogens with zero attached hydrogens (tertiary/aromatic N) is 2. The largest absolute Gasteiger partial charge is 0.452 e. The molecule has 0 spiro atoms. The molecule has 1 atom stereocenters. The molecule has 7 heteroatoms. The maximum absolute atomic E-state index is 12.6. The maximum Gasteiger partial charge on any atom is 0.343 e. The number of halogens is 1. The summed E-state index contributed by atoms with van der Waals surface area (Å²) in [4.78, 5) is 24.8. The molecular weight excluding hydrogens is 414 g/mol. The number of nitrogens with one attached hydrogen (secondary N) is 1. The molecule has 2 aromatic carbocycles. The molecule has 3 aromatic rings. The second-order valence-corrected chi connectivity index (χ2v) is 7.97. The normalized spacial score (nSPS) is 11.8. The predicted molar refractivity (Wildman–Crippen MR) is 120 cm³/mol. The van der Waals surface area contributed by atoms with E-state index in [9.17, 15) is 9.59 Å². The molecule has 0 saturated heterocycles. The van der Waals surface area contributed by atoms with Crippen molar-refractivity contribution in [1.82, 2.24) is 15.1 Å². The lowest BCUT2D eigenvalue weighted by Crippen LogP contribution is -2.31. The van der Waals surface area contributed by atoms with Gasteiger partial charge in [0.2, 0.25) is 0 Å². The van der Waals surface area contributed by atoms with E-state index in [0.717, 1.165) is 22.3 Å². The highest BCUT2D eigenvalue weighted by Gasteiger charge is 2.23. The number of hydrogen-bond donors (Lipinski definition) is 1. The summed E-state index contributed by atoms with van der Waals surface area (Å²) in [5.41, 5.74) is 4.89. The van der Waals surface area contributed by atoms with Crippen LogP contribution in [0.15, 0.2) is 48.5 Å². The number of hydrogen-bond acceptors (Lipinski definition) is 4. The summed E-state index contributed by atoms with van der Waals surface area (Å²) in [5, 5.41) is 7.39. The van der Waals surface area contributed by atoms with Crippen molar-refractivity contribution in [2.75, 3.05) is 6.61 Å². The van der Waals surface area contributed by atoms with Gasteiger partial charge in [0, 0.05) is 0 Å². The number of aryl methyl sites for hydroxylation is 3. The van der Waals surface area contributed by atoms with Crippen LogP contribution in [0.25, 0.3) is 0 Å². The topological polar surface area (TPSA) is 73.2 Å². The van der Waals surface area contributed by atoms with Gasteiger partial charge in [-0.2, -0.15) is 5.10 Å². The molecule has 31 heavy (non-hydrogen) atoms. The predicted octanol–water partition coefficient (Wildman–Crippen LogP) is 4.54. The van der Waals surface area contributed by atoms with Crippen molar-refractivity contribution < 1.29 is 14.3 Å². The Hall–Kier alpha value is -3.12. The Kier molecular flexibility index (Phi) is 7.13. The highest BCUT2D eigenvalue weighted by atomic mass is 35.5. The number of carbonyl (C=O) groups is 2. The molecule has 162 valence electrons. The molecule has 1 amide bonds. The number of benzene rings is 2. The van der Waals surface area contributed by atoms with Gasteiger partial charge < -0.3 is 10.1 Å². The quantitative estimate of drug-likeness (QED) is 0.548. The van der Waals surface area contributed by atoms with E-state index in [1.165, 1.54) is 0 Å². The van der Waals surface area contributed by atoms with Crippen molar-refractivity contribution in [1.29, 1.82) is 0 Å². The van der Waals surface area contributed by atoms with Crippen molar-refractivity contribution in [2.45, 2.75) is 40.3 Å². The fourth-order valence-corrected chi connectivity index (χ4v) is 3.70. The summed E-state index contributed by atoms with van der Waals surface area (Å²) in [6.45, 7) is 7.61. The molecule has 1 unspecified atom stereocenters. The van der Waals surface area contributed by atoms with Crippen molar-refractivity contribution in [3.8, 4) is 0 Å². The van der Waals surface area contributed by atoms with E-state index in [0.29, 0.717) is 12.2 Å². The average Bonchev–Trinajstić information content (AvgIpc) is 3.01. The lowest BCUT2D eigenvalue weighted by Gasteiger charge is -2.16. The van der Waals surface area contributed by atoms with Crippen LogP contribution in [-0.2, 0) is 16.1 Å².